The largest absolute Gasteiger partial charge is 0.480 e. The van der Waals surface area contributed by atoms with Gasteiger partial charge in [-0.2, -0.15) is 0 Å². The minimum absolute atomic E-state index is 0.140. The number of carboxylic acid groups (broad SMARTS) is 1. The minimum Gasteiger partial charge on any atom is -0.480 e. The molecule has 1 fully saturated rings. The Morgan fingerprint density at radius 2 is 1.53 bits per heavy atom. The van der Waals surface area contributed by atoms with Crippen molar-refractivity contribution in [2.45, 2.75) is 64.5 Å². The number of carbonyl (C=O) groups excluding carboxylic acids is 2. The predicted molar refractivity (Wildman–Crippen MR) is 132 cm³/mol. The number of amides is 2. The van der Waals surface area contributed by atoms with E-state index in [9.17, 15) is 19.5 Å². The quantitative estimate of drug-likeness (QED) is 0.490. The van der Waals surface area contributed by atoms with Crippen molar-refractivity contribution in [2.24, 2.45) is 17.8 Å². The van der Waals surface area contributed by atoms with E-state index in [0.717, 1.165) is 31.2 Å². The van der Waals surface area contributed by atoms with Gasteiger partial charge in [-0.15, -0.1) is 0 Å². The number of benzene rings is 2. The molecule has 1 aliphatic rings. The van der Waals surface area contributed by atoms with Crippen LogP contribution in [-0.2, 0) is 27.2 Å². The molecule has 0 radical (unpaired) electrons. The summed E-state index contributed by atoms with van der Waals surface area (Å²) in [5.41, 5.74) is 0.568. The monoisotopic (exact) mass is 469 g/mol. The number of hydrogen-bond acceptors (Lipinski definition) is 3. The average molecular weight is 470 g/mol. The lowest BCUT2D eigenvalue weighted by molar-refractivity contribution is -0.142. The first kappa shape index (κ1) is 19.2. The van der Waals surface area contributed by atoms with E-state index in [1.165, 1.54) is 0 Å². The molecule has 6 nitrogen and oxygen atoms in total. The van der Waals surface area contributed by atoms with E-state index in [2.05, 4.69) is 24.5 Å². The zero-order valence-corrected chi connectivity index (χ0v) is 19.7. The first-order chi connectivity index (χ1) is 18.4. The second-order valence-electron chi connectivity index (χ2n) is 9.31. The molecule has 3 N–H and O–H groups in total. The van der Waals surface area contributed by atoms with Gasteiger partial charge in [-0.3, -0.25) is 9.59 Å². The van der Waals surface area contributed by atoms with Crippen LogP contribution in [0.3, 0.4) is 0 Å². The Bertz CT molecular complexity index is 1170. The lowest BCUT2D eigenvalue weighted by atomic mass is 9.76. The second kappa shape index (κ2) is 12.4. The van der Waals surface area contributed by atoms with Gasteiger partial charge in [0.2, 0.25) is 11.8 Å². The molecular formula is C28H36N2O4. The average Bonchev–Trinajstić information content (AvgIpc) is 2.92. The first-order valence-corrected chi connectivity index (χ1v) is 11.8. The van der Waals surface area contributed by atoms with Crippen molar-refractivity contribution in [1.82, 2.24) is 10.6 Å². The van der Waals surface area contributed by atoms with Crippen molar-refractivity contribution in [1.29, 1.82) is 0 Å². The molecule has 34 heavy (non-hydrogen) atoms. The van der Waals surface area contributed by atoms with Gasteiger partial charge >= 0.3 is 5.97 Å². The molecule has 2 aromatic rings. The Labute approximate surface area is 209 Å². The molecule has 3 rings (SSSR count). The number of rotatable bonds is 10. The predicted octanol–water partition coefficient (Wildman–Crippen LogP) is 3.99. The van der Waals surface area contributed by atoms with Crippen molar-refractivity contribution in [3.63, 3.8) is 0 Å². The molecule has 6 heteroatoms. The maximum atomic E-state index is 13.4. The third-order valence-corrected chi connectivity index (χ3v) is 6.58. The zero-order chi connectivity index (χ0) is 28.9. The Kier molecular flexibility index (Phi) is 6.97. The van der Waals surface area contributed by atoms with Gasteiger partial charge in [0, 0.05) is 18.8 Å². The maximum Gasteiger partial charge on any atom is 0.326 e. The zero-order valence-electron chi connectivity index (χ0n) is 24.7. The fraction of sp³-hybridized carbons (Fsp3) is 0.464. The number of carbonyl (C=O) groups is 3. The van der Waals surface area contributed by atoms with Crippen LogP contribution in [0, 0.1) is 17.8 Å². The topological polar surface area (TPSA) is 95.5 Å². The molecule has 0 bridgehead atoms. The summed E-state index contributed by atoms with van der Waals surface area (Å²) < 4.78 is 39.6. The number of hydrogen-bond donors (Lipinski definition) is 3. The van der Waals surface area contributed by atoms with Gasteiger partial charge in [0.05, 0.1) is 6.85 Å². The van der Waals surface area contributed by atoms with Crippen LogP contribution in [0.15, 0.2) is 60.5 Å². The Hall–Kier alpha value is -3.15. The van der Waals surface area contributed by atoms with Crippen molar-refractivity contribution in [3.05, 3.63) is 71.7 Å². The highest BCUT2D eigenvalue weighted by atomic mass is 16.4. The number of carboxylic acids is 1. The van der Waals surface area contributed by atoms with Crippen LogP contribution in [0.25, 0.3) is 0 Å². The van der Waals surface area contributed by atoms with Gasteiger partial charge in [-0.25, -0.2) is 4.79 Å². The molecule has 0 heterocycles. The number of aliphatic carboxylic acids is 1. The van der Waals surface area contributed by atoms with Crippen LogP contribution < -0.4 is 10.6 Å². The maximum absolute atomic E-state index is 13.4. The van der Waals surface area contributed by atoms with Crippen LogP contribution in [0.1, 0.15) is 57.5 Å². The van der Waals surface area contributed by atoms with Gasteiger partial charge in [-0.05, 0) is 48.6 Å². The molecule has 0 aromatic heterocycles. The van der Waals surface area contributed by atoms with Crippen LogP contribution in [0.5, 0.6) is 0 Å². The summed E-state index contributed by atoms with van der Waals surface area (Å²) in [4.78, 5) is 38.6. The molecule has 1 aliphatic carbocycles. The molecule has 0 spiro atoms. The molecule has 2 aromatic carbocycles. The summed E-state index contributed by atoms with van der Waals surface area (Å²) in [6.45, 7) is 4.35. The third kappa shape index (κ3) is 7.44. The standard InChI is InChI=1S/C28H36N2O4/c1-19(2)22-13-15-23(16-14-22)26(31)29-24(17-20-9-5-3-6-10-20)27(32)30-25(28(33)34)18-21-11-7-4-8-12-21/h3-12,19,22-25H,13-18H2,1-2H3,(H,29,31)(H,30,32)(H,33,34)/t22?,23?,24-,25-/m1/s1/i4D,7D,8D,11D,12D. The molecule has 0 saturated heterocycles. The smallest absolute Gasteiger partial charge is 0.326 e. The van der Waals surface area contributed by atoms with Crippen LogP contribution in [-0.4, -0.2) is 35.0 Å². The van der Waals surface area contributed by atoms with Gasteiger partial charge < -0.3 is 15.7 Å². The fourth-order valence-electron chi connectivity index (χ4n) is 4.45. The summed E-state index contributed by atoms with van der Waals surface area (Å²) in [7, 11) is 0. The summed E-state index contributed by atoms with van der Waals surface area (Å²) in [5, 5.41) is 15.1. The molecule has 0 aliphatic heterocycles. The lowest BCUT2D eigenvalue weighted by Crippen LogP contribution is -2.54. The summed E-state index contributed by atoms with van der Waals surface area (Å²) in [6, 6.07) is 3.63. The molecule has 0 unspecified atom stereocenters. The van der Waals surface area contributed by atoms with E-state index in [4.69, 9.17) is 6.85 Å². The SMILES string of the molecule is [2H]c1c([2H])c([2H])c(C[C@@H](NC(=O)[C@@H](Cc2ccccc2)NC(=O)C2CCC(C(C)C)CC2)C(=O)O)c([2H])c1[2H]. The van der Waals surface area contributed by atoms with Crippen LogP contribution in [0.4, 0.5) is 0 Å². The molecule has 2 atom stereocenters. The van der Waals surface area contributed by atoms with E-state index < -0.39 is 60.6 Å². The third-order valence-electron chi connectivity index (χ3n) is 6.58. The van der Waals surface area contributed by atoms with Crippen molar-refractivity contribution < 1.29 is 26.3 Å². The molecular weight excluding hydrogens is 428 g/mol. The van der Waals surface area contributed by atoms with Gasteiger partial charge in [0.15, 0.2) is 0 Å². The fourth-order valence-corrected chi connectivity index (χ4v) is 4.45. The van der Waals surface area contributed by atoms with E-state index in [-0.39, 0.29) is 23.8 Å². The van der Waals surface area contributed by atoms with Gasteiger partial charge in [0.1, 0.15) is 12.1 Å². The normalized spacial score (nSPS) is 21.8. The van der Waals surface area contributed by atoms with Gasteiger partial charge in [0.25, 0.3) is 0 Å². The van der Waals surface area contributed by atoms with E-state index in [1.807, 2.05) is 18.2 Å². The summed E-state index contributed by atoms with van der Waals surface area (Å²) in [5.74, 6) is -1.51. The summed E-state index contributed by atoms with van der Waals surface area (Å²) in [6.07, 6.45) is 2.95. The van der Waals surface area contributed by atoms with E-state index in [0.29, 0.717) is 11.8 Å². The highest BCUT2D eigenvalue weighted by Crippen LogP contribution is 2.33. The van der Waals surface area contributed by atoms with Gasteiger partial charge in [-0.1, -0.05) is 74.4 Å². The second-order valence-corrected chi connectivity index (χ2v) is 9.31. The van der Waals surface area contributed by atoms with Crippen LogP contribution >= 0.6 is 0 Å². The Morgan fingerprint density at radius 1 is 0.912 bits per heavy atom. The molecule has 1 saturated carbocycles. The highest BCUT2D eigenvalue weighted by molar-refractivity contribution is 5.91. The van der Waals surface area contributed by atoms with Crippen LogP contribution in [0.2, 0.25) is 0 Å². The van der Waals surface area contributed by atoms with E-state index in [1.54, 1.807) is 12.1 Å². The molecule has 2 amide bonds. The minimum atomic E-state index is -1.57. The van der Waals surface area contributed by atoms with Crippen molar-refractivity contribution in [3.8, 4) is 0 Å². The molecule has 182 valence electrons. The summed E-state index contributed by atoms with van der Waals surface area (Å²) >= 11 is 0. The van der Waals surface area contributed by atoms with Crippen molar-refractivity contribution >= 4 is 17.8 Å². The van der Waals surface area contributed by atoms with E-state index >= 15 is 0 Å². The lowest BCUT2D eigenvalue weighted by Gasteiger charge is -2.31. The first-order valence-electron chi connectivity index (χ1n) is 14.3. The Morgan fingerprint density at radius 3 is 2.12 bits per heavy atom. The Balaban J connectivity index is 1.80. The highest BCUT2D eigenvalue weighted by Gasteiger charge is 2.32. The van der Waals surface area contributed by atoms with Crippen molar-refractivity contribution in [2.75, 3.05) is 0 Å². The number of nitrogens with one attached hydrogen (secondary N) is 2.